The molecule has 6 aromatic rings. The van der Waals surface area contributed by atoms with Crippen molar-refractivity contribution < 1.29 is 56.5 Å². The van der Waals surface area contributed by atoms with E-state index in [0.29, 0.717) is 80.4 Å². The smallest absolute Gasteiger partial charge is 0.410 e. The zero-order valence-electron chi connectivity index (χ0n) is 49.9. The van der Waals surface area contributed by atoms with Gasteiger partial charge in [0.2, 0.25) is 0 Å². The summed E-state index contributed by atoms with van der Waals surface area (Å²) in [6.07, 6.45) is -5.87. The third-order valence-electron chi connectivity index (χ3n) is 12.3. The van der Waals surface area contributed by atoms with Crippen LogP contribution in [0, 0.1) is 23.3 Å². The van der Waals surface area contributed by atoms with Crippen molar-refractivity contribution in [2.45, 2.75) is 90.4 Å². The topological polar surface area (TPSA) is 155 Å². The Balaban J connectivity index is 0.000000246. The molecule has 8 rings (SSSR count). The lowest BCUT2D eigenvalue weighted by Crippen LogP contribution is -2.50. The highest BCUT2D eigenvalue weighted by molar-refractivity contribution is 5.99. The second kappa shape index (κ2) is 28.7. The van der Waals surface area contributed by atoms with Crippen molar-refractivity contribution in [3.05, 3.63) is 203 Å². The van der Waals surface area contributed by atoms with E-state index in [-0.39, 0.29) is 29.5 Å². The van der Waals surface area contributed by atoms with Crippen molar-refractivity contribution in [1.29, 1.82) is 0 Å². The molecule has 2 saturated heterocycles. The van der Waals surface area contributed by atoms with Gasteiger partial charge in [-0.2, -0.15) is 0 Å². The number of carbonyl (C=O) groups excluding carboxylic acids is 5. The van der Waals surface area contributed by atoms with Gasteiger partial charge in [-0.1, -0.05) is 91.0 Å². The van der Waals surface area contributed by atoms with Crippen LogP contribution in [0.25, 0.3) is 0 Å². The highest BCUT2D eigenvalue weighted by Crippen LogP contribution is 2.27. The molecule has 80 heavy (non-hydrogen) atoms. The fraction of sp³-hybridized carbons (Fsp3) is 0.349. The molecule has 0 aliphatic carbocycles. The maximum absolute atomic E-state index is 14.5. The number of ether oxygens (including phenoxy) is 2. The lowest BCUT2D eigenvalue weighted by molar-refractivity contribution is -0.120. The van der Waals surface area contributed by atoms with E-state index in [2.05, 4.69) is 5.32 Å². The Morgan fingerprint density at radius 3 is 1.34 bits per heavy atom. The summed E-state index contributed by atoms with van der Waals surface area (Å²) in [5, 5.41) is 2.41. The lowest BCUT2D eigenvalue weighted by Gasteiger charge is -2.37. The Kier molecular flexibility index (Phi) is 19.8. The first kappa shape index (κ1) is 55.3. The minimum atomic E-state index is -2.38. The second-order valence-electron chi connectivity index (χ2n) is 20.9. The fourth-order valence-electron chi connectivity index (χ4n) is 8.47. The second-order valence-corrected chi connectivity index (χ2v) is 20.9. The molecular formula is C63H72F4N6O7. The number of hydrogen-bond acceptors (Lipinski definition) is 10. The number of Topliss-reactive ketones (excluding diaryl/α,β-unsaturated/α-hetero) is 2. The van der Waals surface area contributed by atoms with Crippen LogP contribution < -0.4 is 20.9 Å². The van der Waals surface area contributed by atoms with E-state index in [1.165, 1.54) is 66.7 Å². The van der Waals surface area contributed by atoms with Gasteiger partial charge in [0, 0.05) is 82.1 Å². The molecular weight excluding hydrogens is 1030 g/mol. The van der Waals surface area contributed by atoms with Crippen molar-refractivity contribution in [1.82, 2.24) is 15.1 Å². The minimum Gasteiger partial charge on any atom is -0.444 e. The average molecular weight is 1110 g/mol. The molecule has 2 atom stereocenters. The summed E-state index contributed by atoms with van der Waals surface area (Å²) in [6, 6.07) is 34.5. The Bertz CT molecular complexity index is 3190. The molecule has 2 fully saturated rings. The van der Waals surface area contributed by atoms with Crippen LogP contribution in [0.1, 0.15) is 79.6 Å². The van der Waals surface area contributed by atoms with E-state index in [1.807, 2.05) is 30.6 Å². The van der Waals surface area contributed by atoms with Gasteiger partial charge in [-0.05, 0) is 137 Å². The fourth-order valence-corrected chi connectivity index (χ4v) is 8.47. The maximum atomic E-state index is 14.5. The highest BCUT2D eigenvalue weighted by atomic mass is 19.1. The zero-order valence-corrected chi connectivity index (χ0v) is 45.9. The minimum absolute atomic E-state index is 0.139. The quantitative estimate of drug-likeness (QED) is 0.101. The number of nitrogens with zero attached hydrogens (tertiary/aromatic N) is 4. The van der Waals surface area contributed by atoms with Crippen LogP contribution in [-0.2, 0) is 44.7 Å². The van der Waals surface area contributed by atoms with Crippen LogP contribution in [0.5, 0.6) is 0 Å². The predicted octanol–water partition coefficient (Wildman–Crippen LogP) is 10.6. The summed E-state index contributed by atoms with van der Waals surface area (Å²) in [6.45, 7) is 14.1. The first-order valence-corrected chi connectivity index (χ1v) is 26.2. The Labute approximate surface area is 472 Å². The molecule has 0 spiro atoms. The van der Waals surface area contributed by atoms with Gasteiger partial charge in [0.05, 0.1) is 17.6 Å². The van der Waals surface area contributed by atoms with Gasteiger partial charge in [-0.15, -0.1) is 0 Å². The molecule has 17 heteroatoms. The van der Waals surface area contributed by atoms with Crippen molar-refractivity contribution >= 4 is 41.0 Å². The number of rotatable bonds is 14. The van der Waals surface area contributed by atoms with Crippen LogP contribution >= 0.6 is 0 Å². The van der Waals surface area contributed by atoms with Crippen molar-refractivity contribution in [2.75, 3.05) is 62.2 Å². The van der Waals surface area contributed by atoms with Crippen molar-refractivity contribution in [2.24, 2.45) is 5.73 Å². The molecule has 3 N–H and O–H groups in total. The van der Waals surface area contributed by atoms with E-state index < -0.39 is 83.5 Å². The number of benzene rings is 6. The third-order valence-corrected chi connectivity index (χ3v) is 12.3. The number of amides is 3. The van der Waals surface area contributed by atoms with Gasteiger partial charge in [-0.3, -0.25) is 14.4 Å². The molecule has 6 aromatic carbocycles. The monoisotopic (exact) mass is 1100 g/mol. The summed E-state index contributed by atoms with van der Waals surface area (Å²) in [7, 11) is 0. The SMILES string of the molecule is Fc1ccccc1.[2H]C([2H])(c1ccccc1)C(N)C(=O)Cc1cc(F)ccc1N1CCN(C(=O)OC(C)(C)C)CC1.[2H]C([2H])(c1ccccc1)C(NC(=O)c1ccccc1F)C(=O)Cc1cc(F)ccc1N1CCN(C(=O)OC(C)(C)C)CC1. The number of anilines is 2. The van der Waals surface area contributed by atoms with Crippen LogP contribution in [0.15, 0.2) is 152 Å². The molecule has 0 aromatic heterocycles. The van der Waals surface area contributed by atoms with Crippen LogP contribution in [0.4, 0.5) is 38.5 Å². The Morgan fingerprint density at radius 2 is 0.925 bits per heavy atom. The lowest BCUT2D eigenvalue weighted by atomic mass is 9.96. The number of nitrogens with one attached hydrogen (secondary N) is 1. The number of piperazine rings is 2. The largest absolute Gasteiger partial charge is 0.444 e. The summed E-state index contributed by atoms with van der Waals surface area (Å²) in [5.41, 5.74) is 6.91. The Morgan fingerprint density at radius 1 is 0.525 bits per heavy atom. The van der Waals surface area contributed by atoms with E-state index in [0.717, 1.165) is 6.07 Å². The first-order valence-electron chi connectivity index (χ1n) is 28.2. The van der Waals surface area contributed by atoms with Gasteiger partial charge < -0.3 is 40.1 Å². The molecule has 2 aliphatic heterocycles. The van der Waals surface area contributed by atoms with Gasteiger partial charge >= 0.3 is 12.2 Å². The molecule has 0 saturated carbocycles. The molecule has 2 aliphatic rings. The van der Waals surface area contributed by atoms with E-state index >= 15 is 0 Å². The zero-order chi connectivity index (χ0) is 61.6. The summed E-state index contributed by atoms with van der Waals surface area (Å²) >= 11 is 0. The molecule has 3 amide bonds. The highest BCUT2D eigenvalue weighted by Gasteiger charge is 2.31. The molecule has 13 nitrogen and oxygen atoms in total. The summed E-state index contributed by atoms with van der Waals surface area (Å²) in [4.78, 5) is 71.9. The van der Waals surface area contributed by atoms with E-state index in [9.17, 15) is 41.5 Å². The molecule has 2 unspecified atom stereocenters. The Hall–Kier alpha value is -8.05. The van der Waals surface area contributed by atoms with E-state index in [4.69, 9.17) is 20.7 Å². The number of halogens is 4. The summed E-state index contributed by atoms with van der Waals surface area (Å²) < 4.78 is 100. The van der Waals surface area contributed by atoms with Crippen LogP contribution in [0.3, 0.4) is 0 Å². The van der Waals surface area contributed by atoms with Crippen LogP contribution in [-0.4, -0.2) is 115 Å². The normalized spacial score (nSPS) is 15.4. The molecule has 424 valence electrons. The van der Waals surface area contributed by atoms with Gasteiger partial charge in [0.1, 0.15) is 34.5 Å². The van der Waals surface area contributed by atoms with Gasteiger partial charge in [0.15, 0.2) is 11.6 Å². The molecule has 2 heterocycles. The standard InChI is InChI=1S/C32H35F2N3O4.C25H32FN3O3.C6H5F/c1-32(2,3)41-31(40)37-17-15-36(16-18-37)28-14-13-24(33)20-23(28)21-29(38)27(19-22-9-5-4-6-10-22)35-30(39)25-11-7-8-12-26(25)34;1-25(2,3)32-24(31)29-13-11-28(12-14-29)22-10-9-20(26)16-19(22)17-23(30)21(27)15-18-7-5-4-6-8-18;7-6-4-2-1-3-5-6/h4-14,20,27H,15-19,21H2,1-3H3,(H,35,39);4-10,16,21H,11-15,17,27H2,1-3H3;1-5H/i19D2;15D2;. The van der Waals surface area contributed by atoms with Crippen LogP contribution in [0.2, 0.25) is 0 Å². The number of carbonyl (C=O) groups is 5. The molecule has 0 bridgehead atoms. The summed E-state index contributed by atoms with van der Waals surface area (Å²) in [5.74, 6) is -4.26. The third kappa shape index (κ3) is 19.4. The van der Waals surface area contributed by atoms with Crippen molar-refractivity contribution in [3.8, 4) is 0 Å². The average Bonchev–Trinajstić information content (AvgIpc) is 2.77. The van der Waals surface area contributed by atoms with E-state index in [1.54, 1.807) is 109 Å². The number of hydrogen-bond donors (Lipinski definition) is 2. The predicted molar refractivity (Wildman–Crippen MR) is 303 cm³/mol. The van der Waals surface area contributed by atoms with Crippen molar-refractivity contribution in [3.63, 3.8) is 0 Å². The number of ketones is 2. The molecule has 0 radical (unpaired) electrons. The van der Waals surface area contributed by atoms with Gasteiger partial charge in [0.25, 0.3) is 5.91 Å². The maximum Gasteiger partial charge on any atom is 0.410 e. The van der Waals surface area contributed by atoms with Gasteiger partial charge in [-0.25, -0.2) is 27.2 Å². The number of nitrogens with two attached hydrogens (primary N) is 1. The first-order chi connectivity index (χ1) is 39.5.